The zero-order valence-corrected chi connectivity index (χ0v) is 20.5. The smallest absolute Gasteiger partial charge is 0.272 e. The number of amides is 1. The van der Waals surface area contributed by atoms with Crippen LogP contribution in [0.15, 0.2) is 54.7 Å². The van der Waals surface area contributed by atoms with E-state index < -0.39 is 0 Å². The number of carbonyl (C=O) groups excluding carboxylic acids is 1. The van der Waals surface area contributed by atoms with E-state index in [1.165, 1.54) is 0 Å². The summed E-state index contributed by atoms with van der Waals surface area (Å²) in [4.78, 5) is 22.0. The molecule has 35 heavy (non-hydrogen) atoms. The fraction of sp³-hybridized carbons (Fsp3) is 0.308. The fourth-order valence-corrected chi connectivity index (χ4v) is 4.74. The normalized spacial score (nSPS) is 13.8. The first kappa shape index (κ1) is 22.6. The number of aryl methyl sites for hydroxylation is 2. The fourth-order valence-electron chi connectivity index (χ4n) is 4.74. The van der Waals surface area contributed by atoms with E-state index in [1.807, 2.05) is 65.0 Å². The Bertz CT molecular complexity index is 1350. The zero-order chi connectivity index (χ0) is 24.5. The maximum atomic E-state index is 13.4. The molecule has 0 N–H and O–H groups in total. The minimum absolute atomic E-state index is 0.0153. The SMILES string of the molecule is COc1ccccc1-c1cc(C(=O)N2CCN(c3c(C)nn(-c4ccccn4)c3C)CC2)n(C)n1. The molecular weight excluding hydrogens is 442 g/mol. The highest BCUT2D eigenvalue weighted by atomic mass is 16.5. The summed E-state index contributed by atoms with van der Waals surface area (Å²) in [6.07, 6.45) is 1.77. The number of methoxy groups -OCH3 is 1. The summed E-state index contributed by atoms with van der Waals surface area (Å²) < 4.78 is 9.01. The van der Waals surface area contributed by atoms with Gasteiger partial charge in [-0.1, -0.05) is 18.2 Å². The van der Waals surface area contributed by atoms with Gasteiger partial charge < -0.3 is 14.5 Å². The third-order valence-corrected chi connectivity index (χ3v) is 6.48. The number of aromatic nitrogens is 5. The van der Waals surface area contributed by atoms with Crippen molar-refractivity contribution < 1.29 is 9.53 Å². The molecule has 0 spiro atoms. The number of carbonyl (C=O) groups is 1. The summed E-state index contributed by atoms with van der Waals surface area (Å²) in [5.41, 5.74) is 5.27. The lowest BCUT2D eigenvalue weighted by Gasteiger charge is -2.36. The minimum Gasteiger partial charge on any atom is -0.496 e. The minimum atomic E-state index is -0.0153. The molecule has 0 radical (unpaired) electrons. The van der Waals surface area contributed by atoms with Gasteiger partial charge in [-0.3, -0.25) is 9.48 Å². The van der Waals surface area contributed by atoms with E-state index in [0.717, 1.165) is 53.0 Å². The molecule has 1 saturated heterocycles. The van der Waals surface area contributed by atoms with Crippen LogP contribution < -0.4 is 9.64 Å². The van der Waals surface area contributed by atoms with Crippen molar-refractivity contribution in [2.45, 2.75) is 13.8 Å². The van der Waals surface area contributed by atoms with Crippen LogP contribution >= 0.6 is 0 Å². The Balaban J connectivity index is 1.32. The molecule has 0 bridgehead atoms. The summed E-state index contributed by atoms with van der Waals surface area (Å²) in [5.74, 6) is 1.52. The second-order valence-corrected chi connectivity index (χ2v) is 8.64. The van der Waals surface area contributed by atoms with Crippen LogP contribution in [0.2, 0.25) is 0 Å². The molecule has 3 aromatic heterocycles. The molecule has 1 aromatic carbocycles. The second-order valence-electron chi connectivity index (χ2n) is 8.64. The molecule has 9 nitrogen and oxygen atoms in total. The van der Waals surface area contributed by atoms with Crippen LogP contribution in [0.25, 0.3) is 17.1 Å². The maximum absolute atomic E-state index is 13.4. The van der Waals surface area contributed by atoms with Crippen LogP contribution in [0.5, 0.6) is 5.75 Å². The first-order valence-electron chi connectivity index (χ1n) is 11.7. The van der Waals surface area contributed by atoms with Crippen molar-refractivity contribution in [3.05, 3.63) is 71.8 Å². The van der Waals surface area contributed by atoms with Gasteiger partial charge in [0.1, 0.15) is 11.4 Å². The van der Waals surface area contributed by atoms with Crippen molar-refractivity contribution in [3.8, 4) is 22.8 Å². The van der Waals surface area contributed by atoms with E-state index in [4.69, 9.17) is 9.84 Å². The Hall–Kier alpha value is -4.14. The van der Waals surface area contributed by atoms with E-state index in [2.05, 4.69) is 21.9 Å². The predicted molar refractivity (Wildman–Crippen MR) is 134 cm³/mol. The summed E-state index contributed by atoms with van der Waals surface area (Å²) in [7, 11) is 3.44. The number of anilines is 1. The second kappa shape index (κ2) is 9.25. The molecule has 1 amide bonds. The number of hydrogen-bond donors (Lipinski definition) is 0. The summed E-state index contributed by atoms with van der Waals surface area (Å²) in [5, 5.41) is 9.31. The maximum Gasteiger partial charge on any atom is 0.272 e. The highest BCUT2D eigenvalue weighted by Gasteiger charge is 2.28. The van der Waals surface area contributed by atoms with Gasteiger partial charge in [-0.2, -0.15) is 10.2 Å². The Morgan fingerprint density at radius 1 is 0.971 bits per heavy atom. The third kappa shape index (κ3) is 4.14. The number of benzene rings is 1. The number of hydrogen-bond acceptors (Lipinski definition) is 6. The molecule has 0 unspecified atom stereocenters. The Morgan fingerprint density at radius 2 is 1.71 bits per heavy atom. The summed E-state index contributed by atoms with van der Waals surface area (Å²) in [6, 6.07) is 15.3. The molecule has 1 fully saturated rings. The van der Waals surface area contributed by atoms with Crippen LogP contribution in [0.4, 0.5) is 5.69 Å². The van der Waals surface area contributed by atoms with Crippen LogP contribution in [0, 0.1) is 13.8 Å². The van der Waals surface area contributed by atoms with E-state index in [9.17, 15) is 4.79 Å². The lowest BCUT2D eigenvalue weighted by Crippen LogP contribution is -2.49. The van der Waals surface area contributed by atoms with Crippen molar-refractivity contribution in [1.82, 2.24) is 29.4 Å². The van der Waals surface area contributed by atoms with Crippen LogP contribution in [0.3, 0.4) is 0 Å². The van der Waals surface area contributed by atoms with Crippen LogP contribution in [0.1, 0.15) is 21.9 Å². The average Bonchev–Trinajstić information content (AvgIpc) is 3.42. The number of ether oxygens (including phenoxy) is 1. The largest absolute Gasteiger partial charge is 0.496 e. The molecule has 4 aromatic rings. The van der Waals surface area contributed by atoms with E-state index >= 15 is 0 Å². The standard InChI is InChI=1S/C26H29N7O2/c1-18-25(19(2)33(28-18)24-11-7-8-12-27-24)31-13-15-32(16-14-31)26(34)22-17-21(29-30(22)3)20-9-5-6-10-23(20)35-4/h5-12,17H,13-16H2,1-4H3. The molecule has 1 aliphatic rings. The van der Waals surface area contributed by atoms with Gasteiger partial charge >= 0.3 is 0 Å². The Labute approximate surface area is 204 Å². The molecule has 4 heterocycles. The summed E-state index contributed by atoms with van der Waals surface area (Å²) >= 11 is 0. The monoisotopic (exact) mass is 471 g/mol. The number of pyridine rings is 1. The molecule has 0 atom stereocenters. The highest BCUT2D eigenvalue weighted by Crippen LogP contribution is 2.30. The van der Waals surface area contributed by atoms with Crippen molar-refractivity contribution in [2.75, 3.05) is 38.2 Å². The molecule has 5 rings (SSSR count). The molecule has 0 saturated carbocycles. The number of nitrogens with zero attached hydrogens (tertiary/aromatic N) is 7. The first-order chi connectivity index (χ1) is 17.0. The van der Waals surface area contributed by atoms with E-state index in [1.54, 1.807) is 25.0 Å². The van der Waals surface area contributed by atoms with Gasteiger partial charge in [0.25, 0.3) is 5.91 Å². The predicted octanol–water partition coefficient (Wildman–Crippen LogP) is 3.26. The van der Waals surface area contributed by atoms with Crippen molar-refractivity contribution in [3.63, 3.8) is 0 Å². The van der Waals surface area contributed by atoms with Gasteiger partial charge in [-0.25, -0.2) is 9.67 Å². The molecule has 1 aliphatic heterocycles. The third-order valence-electron chi connectivity index (χ3n) is 6.48. The van der Waals surface area contributed by atoms with Gasteiger partial charge in [-0.05, 0) is 44.2 Å². The van der Waals surface area contributed by atoms with Gasteiger partial charge in [-0.15, -0.1) is 0 Å². The first-order valence-corrected chi connectivity index (χ1v) is 11.7. The number of rotatable bonds is 5. The molecule has 0 aliphatic carbocycles. The molecular formula is C26H29N7O2. The van der Waals surface area contributed by atoms with Crippen molar-refractivity contribution >= 4 is 11.6 Å². The van der Waals surface area contributed by atoms with Crippen molar-refractivity contribution in [2.24, 2.45) is 7.05 Å². The zero-order valence-electron chi connectivity index (χ0n) is 20.5. The summed E-state index contributed by atoms with van der Waals surface area (Å²) in [6.45, 7) is 6.81. The Kier molecular flexibility index (Phi) is 5.98. The quantitative estimate of drug-likeness (QED) is 0.445. The van der Waals surface area contributed by atoms with E-state index in [-0.39, 0.29) is 5.91 Å². The van der Waals surface area contributed by atoms with Crippen LogP contribution in [-0.2, 0) is 7.05 Å². The highest BCUT2D eigenvalue weighted by molar-refractivity contribution is 5.94. The lowest BCUT2D eigenvalue weighted by molar-refractivity contribution is 0.0735. The topological polar surface area (TPSA) is 81.3 Å². The Morgan fingerprint density at radius 3 is 2.43 bits per heavy atom. The van der Waals surface area contributed by atoms with Gasteiger partial charge in [0, 0.05) is 45.0 Å². The van der Waals surface area contributed by atoms with Gasteiger partial charge in [0.15, 0.2) is 5.82 Å². The van der Waals surface area contributed by atoms with Crippen molar-refractivity contribution in [1.29, 1.82) is 0 Å². The number of piperazine rings is 1. The molecule has 9 heteroatoms. The average molecular weight is 472 g/mol. The van der Waals surface area contributed by atoms with Crippen LogP contribution in [-0.4, -0.2) is 68.6 Å². The van der Waals surface area contributed by atoms with E-state index in [0.29, 0.717) is 18.8 Å². The van der Waals surface area contributed by atoms with Gasteiger partial charge in [0.05, 0.1) is 29.9 Å². The van der Waals surface area contributed by atoms with Gasteiger partial charge in [0.2, 0.25) is 0 Å². The number of para-hydroxylation sites is 1. The molecule has 180 valence electrons. The lowest BCUT2D eigenvalue weighted by atomic mass is 10.1.